The topological polar surface area (TPSA) is 12.9 Å². The highest BCUT2D eigenvalue weighted by Crippen LogP contribution is 2.58. The average Bonchev–Trinajstić information content (AvgIpc) is 3.10. The minimum atomic E-state index is -0.831. The molecule has 5 aromatic rings. The number of benzene rings is 4. The molecule has 0 saturated carbocycles. The molecule has 148 valence electrons. The summed E-state index contributed by atoms with van der Waals surface area (Å²) < 4.78 is 0. The van der Waals surface area contributed by atoms with Crippen molar-refractivity contribution in [2.45, 2.75) is 4.87 Å². The third kappa shape index (κ3) is 2.67. The predicted octanol–water partition coefficient (Wildman–Crippen LogP) is 8.07. The minimum absolute atomic E-state index is 0.695. The first-order valence-electron chi connectivity index (χ1n) is 10.2. The molecule has 1 atom stereocenters. The van der Waals surface area contributed by atoms with E-state index in [4.69, 9.17) is 28.2 Å². The SMILES string of the molecule is Clc1ccc(C2(Cl)c3ccccc3-c3c(-c4ccccc4)nc4ccccc4c32)cc1. The fourth-order valence-electron chi connectivity index (χ4n) is 4.75. The molecular formula is C28H17Cl2N. The second-order valence-electron chi connectivity index (χ2n) is 7.80. The first-order chi connectivity index (χ1) is 15.2. The third-order valence-corrected chi connectivity index (χ3v) is 6.96. The summed E-state index contributed by atoms with van der Waals surface area (Å²) in [6.45, 7) is 0. The van der Waals surface area contributed by atoms with Crippen molar-refractivity contribution < 1.29 is 0 Å². The molecule has 0 amide bonds. The van der Waals surface area contributed by atoms with E-state index in [1.807, 2.05) is 48.5 Å². The Morgan fingerprint density at radius 1 is 0.677 bits per heavy atom. The van der Waals surface area contributed by atoms with Crippen molar-refractivity contribution in [3.8, 4) is 22.4 Å². The van der Waals surface area contributed by atoms with Crippen molar-refractivity contribution >= 4 is 34.1 Å². The molecule has 0 saturated heterocycles. The molecule has 1 heterocycles. The number of fused-ring (bicyclic) bond motifs is 5. The first kappa shape index (κ1) is 18.6. The Balaban J connectivity index is 1.81. The highest BCUT2D eigenvalue weighted by Gasteiger charge is 2.46. The molecule has 0 fully saturated rings. The van der Waals surface area contributed by atoms with E-state index in [0.717, 1.165) is 50.0 Å². The van der Waals surface area contributed by atoms with Gasteiger partial charge in [0.05, 0.1) is 11.2 Å². The molecule has 0 N–H and O–H groups in total. The number of aromatic nitrogens is 1. The lowest BCUT2D eigenvalue weighted by Gasteiger charge is -2.27. The number of nitrogens with zero attached hydrogens (tertiary/aromatic N) is 1. The van der Waals surface area contributed by atoms with Crippen LogP contribution in [0.25, 0.3) is 33.3 Å². The molecule has 1 aliphatic rings. The van der Waals surface area contributed by atoms with Gasteiger partial charge in [-0.15, -0.1) is 11.6 Å². The third-order valence-electron chi connectivity index (χ3n) is 6.09. The monoisotopic (exact) mass is 437 g/mol. The smallest absolute Gasteiger partial charge is 0.121 e. The lowest BCUT2D eigenvalue weighted by molar-refractivity contribution is 0.920. The number of rotatable bonds is 2. The summed E-state index contributed by atoms with van der Waals surface area (Å²) in [5.41, 5.74) is 8.36. The van der Waals surface area contributed by atoms with Crippen LogP contribution in [0.2, 0.25) is 5.02 Å². The van der Waals surface area contributed by atoms with Crippen LogP contribution in [0, 0.1) is 0 Å². The standard InChI is InChI=1S/C28H17Cl2N/c29-20-16-14-19(15-17-20)28(30)23-12-6-4-10-21(23)25-26(28)22-11-5-7-13-24(22)31-27(25)18-8-2-1-3-9-18/h1-17H. The Morgan fingerprint density at radius 3 is 2.16 bits per heavy atom. The molecule has 0 bridgehead atoms. The zero-order valence-corrected chi connectivity index (χ0v) is 18.0. The molecule has 6 rings (SSSR count). The van der Waals surface area contributed by atoms with E-state index < -0.39 is 4.87 Å². The van der Waals surface area contributed by atoms with Gasteiger partial charge in [-0.3, -0.25) is 0 Å². The van der Waals surface area contributed by atoms with Crippen LogP contribution >= 0.6 is 23.2 Å². The molecule has 3 heteroatoms. The van der Waals surface area contributed by atoms with E-state index in [0.29, 0.717) is 5.02 Å². The zero-order chi connectivity index (χ0) is 21.0. The Bertz CT molecular complexity index is 1440. The Labute approximate surface area is 190 Å². The van der Waals surface area contributed by atoms with Crippen molar-refractivity contribution in [1.82, 2.24) is 4.98 Å². The predicted molar refractivity (Wildman–Crippen MR) is 130 cm³/mol. The molecule has 0 aliphatic heterocycles. The summed E-state index contributed by atoms with van der Waals surface area (Å²) in [7, 11) is 0. The average molecular weight is 438 g/mol. The highest BCUT2D eigenvalue weighted by atomic mass is 35.5. The maximum atomic E-state index is 7.68. The van der Waals surface area contributed by atoms with Crippen LogP contribution in [0.4, 0.5) is 0 Å². The zero-order valence-electron chi connectivity index (χ0n) is 16.5. The van der Waals surface area contributed by atoms with Gasteiger partial charge >= 0.3 is 0 Å². The van der Waals surface area contributed by atoms with Crippen LogP contribution in [0.5, 0.6) is 0 Å². The summed E-state index contributed by atoms with van der Waals surface area (Å²) in [5, 5.41) is 1.76. The van der Waals surface area contributed by atoms with Gasteiger partial charge < -0.3 is 0 Å². The molecule has 1 aromatic heterocycles. The largest absolute Gasteiger partial charge is 0.247 e. The highest BCUT2D eigenvalue weighted by molar-refractivity contribution is 6.33. The Hall–Kier alpha value is -3.13. The van der Waals surface area contributed by atoms with Crippen molar-refractivity contribution in [1.29, 1.82) is 0 Å². The van der Waals surface area contributed by atoms with E-state index in [-0.39, 0.29) is 0 Å². The quantitative estimate of drug-likeness (QED) is 0.254. The Morgan fingerprint density at radius 2 is 1.35 bits per heavy atom. The van der Waals surface area contributed by atoms with E-state index in [2.05, 4.69) is 54.6 Å². The summed E-state index contributed by atoms with van der Waals surface area (Å²) in [6.07, 6.45) is 0. The van der Waals surface area contributed by atoms with Gasteiger partial charge in [-0.1, -0.05) is 96.5 Å². The molecule has 1 aliphatic carbocycles. The molecule has 31 heavy (non-hydrogen) atoms. The van der Waals surface area contributed by atoms with Crippen molar-refractivity contribution in [3.63, 3.8) is 0 Å². The maximum Gasteiger partial charge on any atom is 0.121 e. The van der Waals surface area contributed by atoms with Gasteiger partial charge in [-0.05, 0) is 34.9 Å². The number of alkyl halides is 1. The van der Waals surface area contributed by atoms with E-state index in [9.17, 15) is 0 Å². The lowest BCUT2D eigenvalue weighted by atomic mass is 9.86. The summed E-state index contributed by atoms with van der Waals surface area (Å²) in [4.78, 5) is 4.28. The Kier molecular flexibility index (Phi) is 4.17. The van der Waals surface area contributed by atoms with Crippen LogP contribution in [0.15, 0.2) is 103 Å². The van der Waals surface area contributed by atoms with Crippen molar-refractivity contribution in [2.75, 3.05) is 0 Å². The second-order valence-corrected chi connectivity index (χ2v) is 8.81. The normalized spacial score (nSPS) is 16.8. The van der Waals surface area contributed by atoms with Crippen LogP contribution in [0.1, 0.15) is 16.7 Å². The molecule has 4 aromatic carbocycles. The first-order valence-corrected chi connectivity index (χ1v) is 11.0. The van der Waals surface area contributed by atoms with Crippen LogP contribution < -0.4 is 0 Å². The number of hydrogen-bond donors (Lipinski definition) is 0. The van der Waals surface area contributed by atoms with Gasteiger partial charge in [0.15, 0.2) is 0 Å². The fraction of sp³-hybridized carbons (Fsp3) is 0.0357. The fourth-order valence-corrected chi connectivity index (χ4v) is 5.37. The number of halogens is 2. The van der Waals surface area contributed by atoms with Crippen LogP contribution in [0.3, 0.4) is 0 Å². The van der Waals surface area contributed by atoms with Crippen molar-refractivity contribution in [3.05, 3.63) is 125 Å². The van der Waals surface area contributed by atoms with Gasteiger partial charge in [0.1, 0.15) is 4.87 Å². The lowest BCUT2D eigenvalue weighted by Crippen LogP contribution is -2.19. The van der Waals surface area contributed by atoms with E-state index >= 15 is 0 Å². The molecule has 0 radical (unpaired) electrons. The van der Waals surface area contributed by atoms with Crippen LogP contribution in [-0.2, 0) is 4.87 Å². The van der Waals surface area contributed by atoms with Gasteiger partial charge in [-0.25, -0.2) is 4.98 Å². The van der Waals surface area contributed by atoms with E-state index in [1.165, 1.54) is 0 Å². The maximum absolute atomic E-state index is 7.68. The van der Waals surface area contributed by atoms with Gasteiger partial charge in [-0.2, -0.15) is 0 Å². The second kappa shape index (κ2) is 6.95. The van der Waals surface area contributed by atoms with Gasteiger partial charge in [0.25, 0.3) is 0 Å². The number of pyridine rings is 1. The minimum Gasteiger partial charge on any atom is -0.247 e. The van der Waals surface area contributed by atoms with Crippen LogP contribution in [-0.4, -0.2) is 4.98 Å². The van der Waals surface area contributed by atoms with Crippen molar-refractivity contribution in [2.24, 2.45) is 0 Å². The molecular weight excluding hydrogens is 421 g/mol. The number of para-hydroxylation sites is 1. The van der Waals surface area contributed by atoms with Gasteiger partial charge in [0, 0.05) is 27.1 Å². The summed E-state index contributed by atoms with van der Waals surface area (Å²) in [5.74, 6) is 0. The number of hydrogen-bond acceptors (Lipinski definition) is 1. The molecule has 1 unspecified atom stereocenters. The van der Waals surface area contributed by atoms with E-state index in [1.54, 1.807) is 0 Å². The summed E-state index contributed by atoms with van der Waals surface area (Å²) >= 11 is 13.9. The van der Waals surface area contributed by atoms with Gasteiger partial charge in [0.2, 0.25) is 0 Å². The molecule has 1 nitrogen and oxygen atoms in total. The molecule has 0 spiro atoms. The summed E-state index contributed by atoms with van der Waals surface area (Å²) in [6, 6.07) is 34.8.